The Morgan fingerprint density at radius 3 is 2.88 bits per heavy atom. The number of rotatable bonds is 6. The number of anilines is 1. The Labute approximate surface area is 143 Å². The van der Waals surface area contributed by atoms with Crippen LogP contribution >= 0.6 is 11.8 Å². The monoisotopic (exact) mass is 340 g/mol. The average Bonchev–Trinajstić information content (AvgIpc) is 3.10. The van der Waals surface area contributed by atoms with Gasteiger partial charge in [0.25, 0.3) is 0 Å². The van der Waals surface area contributed by atoms with Gasteiger partial charge in [0.2, 0.25) is 17.6 Å². The molecule has 0 bridgehead atoms. The van der Waals surface area contributed by atoms with E-state index in [1.54, 1.807) is 36.3 Å². The van der Waals surface area contributed by atoms with Gasteiger partial charge in [-0.2, -0.15) is 4.98 Å². The molecular formula is C17H16N4O2S. The van der Waals surface area contributed by atoms with E-state index in [0.29, 0.717) is 18.1 Å². The molecule has 0 spiro atoms. The first kappa shape index (κ1) is 16.2. The number of amides is 1. The van der Waals surface area contributed by atoms with Gasteiger partial charge >= 0.3 is 0 Å². The lowest BCUT2D eigenvalue weighted by Crippen LogP contribution is -2.12. The predicted octanol–water partition coefficient (Wildman–Crippen LogP) is 3.42. The van der Waals surface area contributed by atoms with E-state index in [2.05, 4.69) is 20.4 Å². The van der Waals surface area contributed by atoms with Gasteiger partial charge in [-0.15, -0.1) is 11.8 Å². The number of thioether (sulfide) groups is 1. The third-order valence-electron chi connectivity index (χ3n) is 3.33. The molecule has 0 unspecified atom stereocenters. The molecule has 0 aliphatic heterocycles. The van der Waals surface area contributed by atoms with Crippen molar-refractivity contribution in [1.82, 2.24) is 15.1 Å². The number of hydrogen-bond donors (Lipinski definition) is 1. The standard InChI is InChI=1S/C17H16N4O2S/c1-24-14-4-2-3-13(11-14)19-15(22)5-6-16-20-17(21-23-16)12-7-9-18-10-8-12/h2-4,7-11H,5-6H2,1H3,(H,19,22). The summed E-state index contributed by atoms with van der Waals surface area (Å²) in [4.78, 5) is 21.4. The number of nitrogens with zero attached hydrogens (tertiary/aromatic N) is 3. The topological polar surface area (TPSA) is 80.9 Å². The van der Waals surface area contributed by atoms with Crippen LogP contribution in [0.25, 0.3) is 11.4 Å². The number of hydrogen-bond acceptors (Lipinski definition) is 6. The van der Waals surface area contributed by atoms with Crippen molar-refractivity contribution in [2.24, 2.45) is 0 Å². The van der Waals surface area contributed by atoms with E-state index >= 15 is 0 Å². The van der Waals surface area contributed by atoms with Crippen LogP contribution in [-0.2, 0) is 11.2 Å². The highest BCUT2D eigenvalue weighted by molar-refractivity contribution is 7.98. The number of nitrogens with one attached hydrogen (secondary N) is 1. The molecule has 7 heteroatoms. The van der Waals surface area contributed by atoms with Crippen molar-refractivity contribution in [2.45, 2.75) is 17.7 Å². The van der Waals surface area contributed by atoms with Crippen molar-refractivity contribution >= 4 is 23.4 Å². The summed E-state index contributed by atoms with van der Waals surface area (Å²) in [5.41, 5.74) is 1.62. The van der Waals surface area contributed by atoms with Gasteiger partial charge in [0.15, 0.2) is 0 Å². The van der Waals surface area contributed by atoms with Gasteiger partial charge in [0.05, 0.1) is 0 Å². The first-order chi connectivity index (χ1) is 11.7. The molecule has 0 radical (unpaired) electrons. The van der Waals surface area contributed by atoms with E-state index in [0.717, 1.165) is 16.1 Å². The van der Waals surface area contributed by atoms with Crippen molar-refractivity contribution in [3.63, 3.8) is 0 Å². The minimum atomic E-state index is -0.0862. The fourth-order valence-corrected chi connectivity index (χ4v) is 2.58. The highest BCUT2D eigenvalue weighted by atomic mass is 32.2. The molecular weight excluding hydrogens is 324 g/mol. The summed E-state index contributed by atoms with van der Waals surface area (Å²) in [5, 5.41) is 6.80. The van der Waals surface area contributed by atoms with Gasteiger partial charge in [-0.05, 0) is 36.6 Å². The van der Waals surface area contributed by atoms with Crippen molar-refractivity contribution in [3.8, 4) is 11.4 Å². The second kappa shape index (κ2) is 7.74. The van der Waals surface area contributed by atoms with Crippen molar-refractivity contribution in [1.29, 1.82) is 0 Å². The van der Waals surface area contributed by atoms with Gasteiger partial charge in [0, 0.05) is 41.4 Å². The quantitative estimate of drug-likeness (QED) is 0.693. The van der Waals surface area contributed by atoms with E-state index in [1.807, 2.05) is 30.5 Å². The number of pyridine rings is 1. The van der Waals surface area contributed by atoms with Crippen molar-refractivity contribution in [2.75, 3.05) is 11.6 Å². The summed E-state index contributed by atoms with van der Waals surface area (Å²) in [6.07, 6.45) is 6.01. The summed E-state index contributed by atoms with van der Waals surface area (Å²) in [6.45, 7) is 0. The maximum absolute atomic E-state index is 12.0. The Morgan fingerprint density at radius 2 is 2.08 bits per heavy atom. The predicted molar refractivity (Wildman–Crippen MR) is 92.7 cm³/mol. The second-order valence-electron chi connectivity index (χ2n) is 5.03. The highest BCUT2D eigenvalue weighted by Gasteiger charge is 2.11. The molecule has 2 aromatic heterocycles. The number of benzene rings is 1. The molecule has 1 amide bonds. The number of aromatic nitrogens is 3. The summed E-state index contributed by atoms with van der Waals surface area (Å²) >= 11 is 1.63. The number of aryl methyl sites for hydroxylation is 1. The third kappa shape index (κ3) is 4.20. The first-order valence-corrected chi connectivity index (χ1v) is 8.64. The van der Waals surface area contributed by atoms with Crippen LogP contribution < -0.4 is 5.32 Å². The molecule has 1 N–H and O–H groups in total. The SMILES string of the molecule is CSc1cccc(NC(=O)CCc2nc(-c3ccncc3)no2)c1. The van der Waals surface area contributed by atoms with Gasteiger partial charge < -0.3 is 9.84 Å². The zero-order chi connectivity index (χ0) is 16.8. The van der Waals surface area contributed by atoms with Gasteiger partial charge in [-0.3, -0.25) is 9.78 Å². The zero-order valence-corrected chi connectivity index (χ0v) is 13.9. The fourth-order valence-electron chi connectivity index (χ4n) is 2.12. The smallest absolute Gasteiger partial charge is 0.227 e. The third-order valence-corrected chi connectivity index (χ3v) is 4.05. The molecule has 0 saturated heterocycles. The molecule has 0 fully saturated rings. The first-order valence-electron chi connectivity index (χ1n) is 7.41. The minimum absolute atomic E-state index is 0.0862. The lowest BCUT2D eigenvalue weighted by Gasteiger charge is -2.05. The molecule has 3 aromatic rings. The van der Waals surface area contributed by atoms with E-state index < -0.39 is 0 Å². The molecule has 6 nitrogen and oxygen atoms in total. The van der Waals surface area contributed by atoms with Crippen LogP contribution in [0.5, 0.6) is 0 Å². The number of carbonyl (C=O) groups is 1. The molecule has 2 heterocycles. The second-order valence-corrected chi connectivity index (χ2v) is 5.91. The Bertz CT molecular complexity index is 820. The molecule has 0 atom stereocenters. The summed E-state index contributed by atoms with van der Waals surface area (Å²) in [5.74, 6) is 0.854. The van der Waals surface area contributed by atoms with Crippen LogP contribution in [0.15, 0.2) is 58.2 Å². The van der Waals surface area contributed by atoms with Gasteiger partial charge in [0.1, 0.15) is 0 Å². The lowest BCUT2D eigenvalue weighted by atomic mass is 10.2. The number of carbonyl (C=O) groups excluding carboxylic acids is 1. The largest absolute Gasteiger partial charge is 0.339 e. The highest BCUT2D eigenvalue weighted by Crippen LogP contribution is 2.19. The van der Waals surface area contributed by atoms with E-state index in [-0.39, 0.29) is 12.3 Å². The van der Waals surface area contributed by atoms with Crippen LogP contribution in [-0.4, -0.2) is 27.3 Å². The van der Waals surface area contributed by atoms with Crippen LogP contribution in [0, 0.1) is 0 Å². The Morgan fingerprint density at radius 1 is 1.25 bits per heavy atom. The van der Waals surface area contributed by atoms with Crippen molar-refractivity contribution in [3.05, 3.63) is 54.7 Å². The molecule has 0 aliphatic rings. The van der Waals surface area contributed by atoms with Crippen LogP contribution in [0.4, 0.5) is 5.69 Å². The molecule has 0 saturated carbocycles. The van der Waals surface area contributed by atoms with E-state index in [1.165, 1.54) is 0 Å². The zero-order valence-electron chi connectivity index (χ0n) is 13.1. The maximum Gasteiger partial charge on any atom is 0.227 e. The van der Waals surface area contributed by atoms with E-state index in [9.17, 15) is 4.79 Å². The summed E-state index contributed by atoms with van der Waals surface area (Å²) < 4.78 is 5.19. The van der Waals surface area contributed by atoms with Crippen LogP contribution in [0.3, 0.4) is 0 Å². The molecule has 3 rings (SSSR count). The Balaban J connectivity index is 1.56. The lowest BCUT2D eigenvalue weighted by molar-refractivity contribution is -0.116. The maximum atomic E-state index is 12.0. The van der Waals surface area contributed by atoms with Crippen LogP contribution in [0.1, 0.15) is 12.3 Å². The molecule has 0 aliphatic carbocycles. The van der Waals surface area contributed by atoms with Crippen LogP contribution in [0.2, 0.25) is 0 Å². The van der Waals surface area contributed by atoms with Crippen molar-refractivity contribution < 1.29 is 9.32 Å². The summed E-state index contributed by atoms with van der Waals surface area (Å²) in [7, 11) is 0. The Kier molecular flexibility index (Phi) is 5.22. The van der Waals surface area contributed by atoms with E-state index in [4.69, 9.17) is 4.52 Å². The summed E-state index contributed by atoms with van der Waals surface area (Å²) in [6, 6.07) is 11.3. The Hall–Kier alpha value is -2.67. The van der Waals surface area contributed by atoms with Gasteiger partial charge in [-0.1, -0.05) is 11.2 Å². The normalized spacial score (nSPS) is 10.5. The molecule has 122 valence electrons. The average molecular weight is 340 g/mol. The molecule has 1 aromatic carbocycles. The minimum Gasteiger partial charge on any atom is -0.339 e. The van der Waals surface area contributed by atoms with Gasteiger partial charge in [-0.25, -0.2) is 0 Å². The fraction of sp³-hybridized carbons (Fsp3) is 0.176. The molecule has 24 heavy (non-hydrogen) atoms.